The number of nitrogens with one attached hydrogen (secondary N) is 1. The summed E-state index contributed by atoms with van der Waals surface area (Å²) in [7, 11) is 0. The maximum Gasteiger partial charge on any atom is 0.139 e. The van der Waals surface area contributed by atoms with Crippen molar-refractivity contribution >= 4 is 22.6 Å². The molecule has 0 aliphatic carbocycles. The summed E-state index contributed by atoms with van der Waals surface area (Å²) in [4.78, 5) is 7.01. The lowest BCUT2D eigenvalue weighted by atomic mass is 10.3. The van der Waals surface area contributed by atoms with Crippen LogP contribution >= 0.6 is 11.6 Å². The zero-order valence-electron chi connectivity index (χ0n) is 7.13. The van der Waals surface area contributed by atoms with Crippen LogP contribution in [0.25, 0.3) is 11.0 Å². The number of rotatable bonds is 0. The minimum atomic E-state index is 0.523. The highest BCUT2D eigenvalue weighted by Gasteiger charge is 1.93. The first-order valence-corrected chi connectivity index (χ1v) is 4.34. The molecule has 12 heavy (non-hydrogen) atoms. The molecule has 2 aromatic heterocycles. The normalized spacial score (nSPS) is 9.25. The third kappa shape index (κ3) is 1.77. The van der Waals surface area contributed by atoms with Crippen molar-refractivity contribution in [2.45, 2.75) is 13.8 Å². The molecule has 64 valence electrons. The second-order valence-electron chi connectivity index (χ2n) is 2.05. The molecule has 0 aliphatic heterocycles. The van der Waals surface area contributed by atoms with E-state index in [-0.39, 0.29) is 0 Å². The largest absolute Gasteiger partial charge is 0.346 e. The van der Waals surface area contributed by atoms with Crippen LogP contribution in [0, 0.1) is 0 Å². The van der Waals surface area contributed by atoms with Crippen LogP contribution in [0.3, 0.4) is 0 Å². The molecule has 2 nitrogen and oxygen atoms in total. The molecule has 0 aromatic carbocycles. The van der Waals surface area contributed by atoms with E-state index in [1.807, 2.05) is 32.2 Å². The first-order chi connectivity index (χ1) is 5.86. The van der Waals surface area contributed by atoms with Crippen molar-refractivity contribution in [1.29, 1.82) is 0 Å². The summed E-state index contributed by atoms with van der Waals surface area (Å²) in [5.41, 5.74) is 0.840. The van der Waals surface area contributed by atoms with E-state index in [1.165, 1.54) is 0 Å². The molecule has 2 heterocycles. The van der Waals surface area contributed by atoms with E-state index in [9.17, 15) is 0 Å². The van der Waals surface area contributed by atoms with Gasteiger partial charge >= 0.3 is 0 Å². The number of aromatic amines is 1. The molecule has 0 unspecified atom stereocenters. The van der Waals surface area contributed by atoms with E-state index in [0.717, 1.165) is 11.0 Å². The maximum absolute atomic E-state index is 5.64. The molecule has 1 N–H and O–H groups in total. The third-order valence-corrected chi connectivity index (χ3v) is 1.59. The van der Waals surface area contributed by atoms with Crippen molar-refractivity contribution in [2.75, 3.05) is 0 Å². The van der Waals surface area contributed by atoms with Gasteiger partial charge in [0.2, 0.25) is 0 Å². The number of hydrogen-bond acceptors (Lipinski definition) is 1. The van der Waals surface area contributed by atoms with E-state index in [2.05, 4.69) is 9.97 Å². The first-order valence-electron chi connectivity index (χ1n) is 3.96. The highest BCUT2D eigenvalue weighted by molar-refractivity contribution is 6.29. The second-order valence-corrected chi connectivity index (χ2v) is 2.44. The highest BCUT2D eigenvalue weighted by atomic mass is 35.5. The zero-order chi connectivity index (χ0) is 8.97. The van der Waals surface area contributed by atoms with Crippen LogP contribution in [0.4, 0.5) is 0 Å². The summed E-state index contributed by atoms with van der Waals surface area (Å²) < 4.78 is 0. The molecule has 0 radical (unpaired) electrons. The smallest absolute Gasteiger partial charge is 0.139 e. The number of nitrogens with zero attached hydrogens (tertiary/aromatic N) is 1. The van der Waals surface area contributed by atoms with Gasteiger partial charge in [0.15, 0.2) is 0 Å². The fourth-order valence-electron chi connectivity index (χ4n) is 0.907. The zero-order valence-corrected chi connectivity index (χ0v) is 7.89. The standard InChI is InChI=1S/C7H5ClN2.C2H6/c8-6-2-1-5-3-4-9-7(5)10-6;1-2/h1-4H,(H,9,10);1-2H3. The Hall–Kier alpha value is -1.02. The van der Waals surface area contributed by atoms with Gasteiger partial charge in [0.05, 0.1) is 0 Å². The molecule has 2 rings (SSSR count). The number of pyridine rings is 1. The molecular weight excluding hydrogens is 172 g/mol. The van der Waals surface area contributed by atoms with Crippen LogP contribution in [0.15, 0.2) is 24.4 Å². The highest BCUT2D eigenvalue weighted by Crippen LogP contribution is 2.12. The number of fused-ring (bicyclic) bond motifs is 1. The van der Waals surface area contributed by atoms with Crippen LogP contribution in [-0.2, 0) is 0 Å². The average Bonchev–Trinajstić information content (AvgIpc) is 2.54. The van der Waals surface area contributed by atoms with Crippen molar-refractivity contribution in [1.82, 2.24) is 9.97 Å². The van der Waals surface area contributed by atoms with Gasteiger partial charge in [-0.2, -0.15) is 0 Å². The SMILES string of the molecule is CC.Clc1ccc2cc[nH]c2n1. The molecule has 0 aliphatic rings. The number of halogens is 1. The summed E-state index contributed by atoms with van der Waals surface area (Å²) in [6, 6.07) is 5.66. The van der Waals surface area contributed by atoms with E-state index in [1.54, 1.807) is 6.07 Å². The molecule has 0 fully saturated rings. The van der Waals surface area contributed by atoms with Crippen LogP contribution < -0.4 is 0 Å². The van der Waals surface area contributed by atoms with Gasteiger partial charge in [-0.15, -0.1) is 0 Å². The Morgan fingerprint density at radius 1 is 1.25 bits per heavy atom. The molecule has 0 saturated carbocycles. The van der Waals surface area contributed by atoms with Crippen molar-refractivity contribution in [3.63, 3.8) is 0 Å². The molecule has 0 saturated heterocycles. The van der Waals surface area contributed by atoms with Gasteiger partial charge in [-0.3, -0.25) is 0 Å². The van der Waals surface area contributed by atoms with Gasteiger partial charge < -0.3 is 4.98 Å². The summed E-state index contributed by atoms with van der Waals surface area (Å²) >= 11 is 5.64. The fraction of sp³-hybridized carbons (Fsp3) is 0.222. The third-order valence-electron chi connectivity index (χ3n) is 1.38. The van der Waals surface area contributed by atoms with E-state index < -0.39 is 0 Å². The summed E-state index contributed by atoms with van der Waals surface area (Å²) in [6.45, 7) is 4.00. The van der Waals surface area contributed by atoms with Gasteiger partial charge in [0, 0.05) is 11.6 Å². The Balaban J connectivity index is 0.000000336. The molecule has 3 heteroatoms. The molecule has 0 atom stereocenters. The van der Waals surface area contributed by atoms with Gasteiger partial charge in [0.25, 0.3) is 0 Å². The number of aromatic nitrogens is 2. The van der Waals surface area contributed by atoms with Crippen molar-refractivity contribution in [2.24, 2.45) is 0 Å². The Bertz CT molecular complexity index is 354. The summed E-state index contributed by atoms with van der Waals surface area (Å²) in [5, 5.41) is 1.61. The lowest BCUT2D eigenvalue weighted by Gasteiger charge is -1.87. The van der Waals surface area contributed by atoms with Crippen LogP contribution in [0.5, 0.6) is 0 Å². The Labute approximate surface area is 76.6 Å². The van der Waals surface area contributed by atoms with E-state index >= 15 is 0 Å². The average molecular weight is 183 g/mol. The van der Waals surface area contributed by atoms with Gasteiger partial charge in [0.1, 0.15) is 10.8 Å². The number of hydrogen-bond donors (Lipinski definition) is 1. The molecule has 0 amide bonds. The van der Waals surface area contributed by atoms with Crippen LogP contribution in [0.1, 0.15) is 13.8 Å². The Morgan fingerprint density at radius 2 is 2.00 bits per heavy atom. The van der Waals surface area contributed by atoms with E-state index in [0.29, 0.717) is 5.15 Å². The van der Waals surface area contributed by atoms with Gasteiger partial charge in [-0.05, 0) is 18.2 Å². The minimum Gasteiger partial charge on any atom is -0.346 e. The molecule has 2 aromatic rings. The van der Waals surface area contributed by atoms with Crippen molar-refractivity contribution in [3.05, 3.63) is 29.5 Å². The lowest BCUT2D eigenvalue weighted by molar-refractivity contribution is 1.33. The monoisotopic (exact) mass is 182 g/mol. The fourth-order valence-corrected chi connectivity index (χ4v) is 1.05. The summed E-state index contributed by atoms with van der Waals surface area (Å²) in [6.07, 6.45) is 1.84. The quantitative estimate of drug-likeness (QED) is 0.623. The lowest BCUT2D eigenvalue weighted by Crippen LogP contribution is -1.74. The minimum absolute atomic E-state index is 0.523. The Kier molecular flexibility index (Phi) is 3.11. The topological polar surface area (TPSA) is 28.7 Å². The molecule has 0 spiro atoms. The predicted molar refractivity (Wildman–Crippen MR) is 52.5 cm³/mol. The van der Waals surface area contributed by atoms with Crippen LogP contribution in [0.2, 0.25) is 5.15 Å². The number of H-pyrrole nitrogens is 1. The van der Waals surface area contributed by atoms with E-state index in [4.69, 9.17) is 11.6 Å². The molecular formula is C9H11ClN2. The first kappa shape index (κ1) is 9.07. The van der Waals surface area contributed by atoms with Crippen molar-refractivity contribution in [3.8, 4) is 0 Å². The van der Waals surface area contributed by atoms with Crippen LogP contribution in [-0.4, -0.2) is 9.97 Å². The summed E-state index contributed by atoms with van der Waals surface area (Å²) in [5.74, 6) is 0. The maximum atomic E-state index is 5.64. The molecule has 0 bridgehead atoms. The Morgan fingerprint density at radius 3 is 2.75 bits per heavy atom. The van der Waals surface area contributed by atoms with Gasteiger partial charge in [-0.25, -0.2) is 4.98 Å². The van der Waals surface area contributed by atoms with Gasteiger partial charge in [-0.1, -0.05) is 25.4 Å². The second kappa shape index (κ2) is 4.12. The van der Waals surface area contributed by atoms with Crippen molar-refractivity contribution < 1.29 is 0 Å². The predicted octanol–water partition coefficient (Wildman–Crippen LogP) is 3.24.